The van der Waals surface area contributed by atoms with Gasteiger partial charge < -0.3 is 15.7 Å². The molecule has 1 fully saturated rings. The predicted octanol–water partition coefficient (Wildman–Crippen LogP) is -1.48. The summed E-state index contributed by atoms with van der Waals surface area (Å²) in [5.74, 6) is -1.64. The predicted molar refractivity (Wildman–Crippen MR) is 63.0 cm³/mol. The van der Waals surface area contributed by atoms with E-state index in [0.717, 1.165) is 11.8 Å². The van der Waals surface area contributed by atoms with Crippen LogP contribution in [0.4, 0.5) is 4.79 Å². The zero-order valence-electron chi connectivity index (χ0n) is 9.56. The Kier molecular flexibility index (Phi) is 4.95. The SMILES string of the molecule is CC(=O)N[C@H](CSCC1NC(=O)NC1=O)C(=O)O. The summed E-state index contributed by atoms with van der Waals surface area (Å²) in [6, 6.07) is -2.22. The molecule has 1 saturated heterocycles. The average molecular weight is 275 g/mol. The van der Waals surface area contributed by atoms with Gasteiger partial charge in [0.25, 0.3) is 5.91 Å². The van der Waals surface area contributed by atoms with E-state index in [2.05, 4.69) is 16.0 Å². The van der Waals surface area contributed by atoms with Crippen LogP contribution >= 0.6 is 11.8 Å². The number of amides is 4. The number of rotatable bonds is 6. The Balaban J connectivity index is 2.35. The molecule has 9 heteroatoms. The lowest BCUT2D eigenvalue weighted by Gasteiger charge is -2.13. The minimum Gasteiger partial charge on any atom is -0.480 e. The number of hydrogen-bond donors (Lipinski definition) is 4. The molecule has 0 aliphatic carbocycles. The van der Waals surface area contributed by atoms with E-state index in [1.807, 2.05) is 0 Å². The highest BCUT2D eigenvalue weighted by atomic mass is 32.2. The van der Waals surface area contributed by atoms with Crippen LogP contribution in [0.2, 0.25) is 0 Å². The fourth-order valence-electron chi connectivity index (χ4n) is 1.30. The number of carbonyl (C=O) groups excluding carboxylic acids is 3. The minimum absolute atomic E-state index is 0.120. The van der Waals surface area contributed by atoms with Crippen molar-refractivity contribution in [2.24, 2.45) is 0 Å². The van der Waals surface area contributed by atoms with Crippen molar-refractivity contribution in [2.75, 3.05) is 11.5 Å². The Morgan fingerprint density at radius 1 is 1.50 bits per heavy atom. The van der Waals surface area contributed by atoms with Gasteiger partial charge >= 0.3 is 12.0 Å². The highest BCUT2D eigenvalue weighted by molar-refractivity contribution is 7.99. The highest BCUT2D eigenvalue weighted by Gasteiger charge is 2.29. The van der Waals surface area contributed by atoms with Crippen LogP contribution in [-0.2, 0) is 14.4 Å². The normalized spacial score (nSPS) is 19.9. The van der Waals surface area contributed by atoms with Gasteiger partial charge in [0.05, 0.1) is 0 Å². The van der Waals surface area contributed by atoms with Crippen LogP contribution in [0.1, 0.15) is 6.92 Å². The number of aliphatic carboxylic acids is 1. The summed E-state index contributed by atoms with van der Waals surface area (Å²) in [4.78, 5) is 43.6. The van der Waals surface area contributed by atoms with E-state index in [4.69, 9.17) is 5.11 Å². The van der Waals surface area contributed by atoms with Gasteiger partial charge in [-0.3, -0.25) is 14.9 Å². The van der Waals surface area contributed by atoms with E-state index >= 15 is 0 Å². The van der Waals surface area contributed by atoms with Gasteiger partial charge in [0.2, 0.25) is 5.91 Å². The second-order valence-corrected chi connectivity index (χ2v) is 4.72. The van der Waals surface area contributed by atoms with Gasteiger partial charge in [-0.05, 0) is 0 Å². The lowest BCUT2D eigenvalue weighted by molar-refractivity contribution is -0.140. The number of hydrogen-bond acceptors (Lipinski definition) is 5. The van der Waals surface area contributed by atoms with Crippen LogP contribution in [0.15, 0.2) is 0 Å². The van der Waals surface area contributed by atoms with Gasteiger partial charge in [-0.2, -0.15) is 11.8 Å². The summed E-state index contributed by atoms with van der Waals surface area (Å²) < 4.78 is 0. The number of nitrogens with one attached hydrogen (secondary N) is 3. The first kappa shape index (κ1) is 14.3. The van der Waals surface area contributed by atoms with Gasteiger partial charge in [-0.1, -0.05) is 0 Å². The van der Waals surface area contributed by atoms with Crippen molar-refractivity contribution in [3.05, 3.63) is 0 Å². The topological polar surface area (TPSA) is 125 Å². The standard InChI is InChI=1S/C9H13N3O5S/c1-4(13)10-6(8(15)16)3-18-2-5-7(14)12-9(17)11-5/h5-6H,2-3H2,1H3,(H,10,13)(H,15,16)(H2,11,12,14,17)/t5?,6-/m1/s1. The molecule has 1 aliphatic heterocycles. The van der Waals surface area contributed by atoms with Crippen LogP contribution in [-0.4, -0.2) is 52.5 Å². The smallest absolute Gasteiger partial charge is 0.327 e. The molecule has 8 nitrogen and oxygen atoms in total. The Hall–Kier alpha value is -1.77. The fraction of sp³-hybridized carbons (Fsp3) is 0.556. The molecular formula is C9H13N3O5S. The molecule has 1 heterocycles. The van der Waals surface area contributed by atoms with Gasteiger partial charge in [0, 0.05) is 18.4 Å². The van der Waals surface area contributed by atoms with Gasteiger partial charge in [-0.25, -0.2) is 9.59 Å². The second-order valence-electron chi connectivity index (χ2n) is 3.64. The number of imide groups is 1. The zero-order valence-corrected chi connectivity index (χ0v) is 10.4. The molecule has 18 heavy (non-hydrogen) atoms. The van der Waals surface area contributed by atoms with E-state index in [9.17, 15) is 19.2 Å². The third-order valence-electron chi connectivity index (χ3n) is 2.10. The molecule has 0 bridgehead atoms. The first-order valence-corrected chi connectivity index (χ1v) is 6.24. The van der Waals surface area contributed by atoms with Crippen LogP contribution in [0.3, 0.4) is 0 Å². The molecule has 1 aliphatic rings. The molecular weight excluding hydrogens is 262 g/mol. The Labute approximate surface area is 107 Å². The monoisotopic (exact) mass is 275 g/mol. The quantitative estimate of drug-likeness (QED) is 0.438. The number of urea groups is 1. The average Bonchev–Trinajstić information content (AvgIpc) is 2.55. The zero-order chi connectivity index (χ0) is 13.7. The maximum atomic E-state index is 11.2. The second kappa shape index (κ2) is 6.24. The molecule has 1 unspecified atom stereocenters. The third kappa shape index (κ3) is 4.24. The summed E-state index contributed by atoms with van der Waals surface area (Å²) in [7, 11) is 0. The van der Waals surface area contributed by atoms with E-state index in [1.54, 1.807) is 0 Å². The lowest BCUT2D eigenvalue weighted by Crippen LogP contribution is -2.42. The third-order valence-corrected chi connectivity index (χ3v) is 3.24. The summed E-state index contributed by atoms with van der Waals surface area (Å²) >= 11 is 1.16. The van der Waals surface area contributed by atoms with Crippen LogP contribution in [0.5, 0.6) is 0 Å². The Morgan fingerprint density at radius 2 is 2.17 bits per heavy atom. The largest absolute Gasteiger partial charge is 0.480 e. The van der Waals surface area contributed by atoms with Crippen molar-refractivity contribution >= 4 is 35.6 Å². The minimum atomic E-state index is -1.14. The summed E-state index contributed by atoms with van der Waals surface area (Å²) in [6.45, 7) is 1.23. The molecule has 4 amide bonds. The van der Waals surface area contributed by atoms with Crippen LogP contribution in [0.25, 0.3) is 0 Å². The molecule has 100 valence electrons. The highest BCUT2D eigenvalue weighted by Crippen LogP contribution is 2.08. The molecule has 0 spiro atoms. The first-order chi connectivity index (χ1) is 8.40. The molecule has 0 aromatic heterocycles. The maximum absolute atomic E-state index is 11.2. The molecule has 0 aromatic rings. The number of carbonyl (C=O) groups is 4. The first-order valence-electron chi connectivity index (χ1n) is 5.09. The Morgan fingerprint density at radius 3 is 2.61 bits per heavy atom. The summed E-state index contributed by atoms with van der Waals surface area (Å²) in [6.07, 6.45) is 0. The fourth-order valence-corrected chi connectivity index (χ4v) is 2.37. The lowest BCUT2D eigenvalue weighted by atomic mass is 10.3. The van der Waals surface area contributed by atoms with Crippen LogP contribution < -0.4 is 16.0 Å². The number of carboxylic acid groups (broad SMARTS) is 1. The van der Waals surface area contributed by atoms with Crippen molar-refractivity contribution < 1.29 is 24.3 Å². The van der Waals surface area contributed by atoms with Crippen molar-refractivity contribution in [3.8, 4) is 0 Å². The Bertz CT molecular complexity index is 386. The number of carboxylic acids is 1. The molecule has 4 N–H and O–H groups in total. The molecule has 1 rings (SSSR count). The maximum Gasteiger partial charge on any atom is 0.327 e. The number of thioether (sulfide) groups is 1. The van der Waals surface area contributed by atoms with Crippen molar-refractivity contribution in [1.29, 1.82) is 0 Å². The molecule has 2 atom stereocenters. The van der Waals surface area contributed by atoms with Crippen LogP contribution in [0, 0.1) is 0 Å². The molecule has 0 radical (unpaired) electrons. The van der Waals surface area contributed by atoms with E-state index in [0.29, 0.717) is 0 Å². The van der Waals surface area contributed by atoms with Gasteiger partial charge in [0.15, 0.2) is 0 Å². The van der Waals surface area contributed by atoms with E-state index in [1.165, 1.54) is 6.92 Å². The molecule has 0 saturated carbocycles. The van der Waals surface area contributed by atoms with Gasteiger partial charge in [-0.15, -0.1) is 0 Å². The molecule has 0 aromatic carbocycles. The van der Waals surface area contributed by atoms with E-state index in [-0.39, 0.29) is 11.5 Å². The van der Waals surface area contributed by atoms with Crippen molar-refractivity contribution in [1.82, 2.24) is 16.0 Å². The van der Waals surface area contributed by atoms with Gasteiger partial charge in [0.1, 0.15) is 12.1 Å². The summed E-state index contributed by atoms with van der Waals surface area (Å²) in [5.41, 5.74) is 0. The van der Waals surface area contributed by atoms with Crippen molar-refractivity contribution in [3.63, 3.8) is 0 Å². The van der Waals surface area contributed by atoms with E-state index < -0.39 is 35.9 Å². The summed E-state index contributed by atoms with van der Waals surface area (Å²) in [5, 5.41) is 15.6. The van der Waals surface area contributed by atoms with Crippen molar-refractivity contribution in [2.45, 2.75) is 19.0 Å².